The third-order valence-corrected chi connectivity index (χ3v) is 5.19. The van der Waals surface area contributed by atoms with E-state index in [0.29, 0.717) is 5.78 Å². The molecule has 0 aromatic heterocycles. The van der Waals surface area contributed by atoms with E-state index in [-0.39, 0.29) is 11.2 Å². The minimum absolute atomic E-state index is 0.0251. The predicted molar refractivity (Wildman–Crippen MR) is 94.0 cm³/mol. The van der Waals surface area contributed by atoms with Gasteiger partial charge in [-0.15, -0.1) is 11.8 Å². The Labute approximate surface area is 138 Å². The molecule has 1 heterocycles. The summed E-state index contributed by atoms with van der Waals surface area (Å²) in [5.41, 5.74) is 1.10. The maximum Gasteiger partial charge on any atom is 0.155 e. The Morgan fingerprint density at radius 2 is 2.09 bits per heavy atom. The van der Waals surface area contributed by atoms with Gasteiger partial charge in [0, 0.05) is 13.1 Å². The molecule has 2 unspecified atom stereocenters. The number of thioether (sulfide) groups is 1. The van der Waals surface area contributed by atoms with E-state index in [9.17, 15) is 4.79 Å². The maximum atomic E-state index is 12.8. The minimum atomic E-state index is -0.0251. The molecule has 0 saturated carbocycles. The summed E-state index contributed by atoms with van der Waals surface area (Å²) in [6.45, 7) is 9.82. The van der Waals surface area contributed by atoms with Crippen LogP contribution >= 0.6 is 11.8 Å². The van der Waals surface area contributed by atoms with Crippen molar-refractivity contribution >= 4 is 17.5 Å². The number of Topliss-reactive ketones (excluding diaryl/α,β-unsaturated/α-hetero) is 1. The Bertz CT molecular complexity index is 492. The van der Waals surface area contributed by atoms with E-state index in [0.717, 1.165) is 49.7 Å². The number of rotatable bonds is 7. The third-order valence-electron chi connectivity index (χ3n) is 4.07. The maximum absolute atomic E-state index is 12.8. The number of hydrogen-bond donors (Lipinski definition) is 0. The molecule has 0 radical (unpaired) electrons. The van der Waals surface area contributed by atoms with Gasteiger partial charge in [-0.1, -0.05) is 32.9 Å². The van der Waals surface area contributed by atoms with Gasteiger partial charge in [-0.05, 0) is 36.4 Å². The van der Waals surface area contributed by atoms with E-state index >= 15 is 0 Å². The quantitative estimate of drug-likeness (QED) is 0.767. The molecule has 0 bridgehead atoms. The van der Waals surface area contributed by atoms with Gasteiger partial charge in [0.15, 0.2) is 5.78 Å². The summed E-state index contributed by atoms with van der Waals surface area (Å²) in [7, 11) is 0. The smallest absolute Gasteiger partial charge is 0.155 e. The first-order valence-corrected chi connectivity index (χ1v) is 9.34. The van der Waals surface area contributed by atoms with Crippen molar-refractivity contribution in [2.75, 3.05) is 32.0 Å². The first-order chi connectivity index (χ1) is 10.7. The van der Waals surface area contributed by atoms with E-state index in [1.807, 2.05) is 18.2 Å². The fraction of sp³-hybridized carbons (Fsp3) is 0.611. The molecule has 1 aromatic rings. The van der Waals surface area contributed by atoms with Crippen molar-refractivity contribution < 1.29 is 9.53 Å². The van der Waals surface area contributed by atoms with Crippen LogP contribution in [-0.2, 0) is 4.79 Å². The zero-order valence-electron chi connectivity index (χ0n) is 13.9. The molecule has 1 aliphatic rings. The molecule has 22 heavy (non-hydrogen) atoms. The second kappa shape index (κ2) is 8.59. The number of hydrogen-bond acceptors (Lipinski definition) is 4. The fourth-order valence-corrected chi connectivity index (χ4v) is 3.92. The highest BCUT2D eigenvalue weighted by Gasteiger charge is 2.35. The van der Waals surface area contributed by atoms with Gasteiger partial charge in [0.1, 0.15) is 5.75 Å². The largest absolute Gasteiger partial charge is 0.494 e. The lowest BCUT2D eigenvalue weighted by Crippen LogP contribution is -2.47. The molecule has 0 amide bonds. The standard InChI is InChI=1S/C18H27NO2S/c1-4-10-21-15-9-7-8-14(11-15)16-12-19(5-2)13-17(18(16)20)22-6-3/h7-9,11,16-17H,4-6,10,12-13H2,1-3H3. The Morgan fingerprint density at radius 3 is 2.77 bits per heavy atom. The molecule has 0 N–H and O–H groups in total. The Kier molecular flexibility index (Phi) is 6.77. The summed E-state index contributed by atoms with van der Waals surface area (Å²) < 4.78 is 5.72. The number of ketones is 1. The number of ether oxygens (including phenoxy) is 1. The summed E-state index contributed by atoms with van der Waals surface area (Å²) in [4.78, 5) is 15.2. The van der Waals surface area contributed by atoms with Gasteiger partial charge in [0.25, 0.3) is 0 Å². The van der Waals surface area contributed by atoms with Crippen LogP contribution in [0.5, 0.6) is 5.75 Å². The predicted octanol–water partition coefficient (Wildman–Crippen LogP) is 3.59. The molecular weight excluding hydrogens is 294 g/mol. The molecule has 1 saturated heterocycles. The summed E-state index contributed by atoms with van der Waals surface area (Å²) in [6.07, 6.45) is 0.991. The number of likely N-dealkylation sites (tertiary alicyclic amines) is 1. The molecule has 1 aliphatic heterocycles. The SMILES string of the molecule is CCCOc1cccc(C2CN(CC)CC(SCC)C2=O)c1. The molecular formula is C18H27NO2S. The molecule has 1 aromatic carbocycles. The second-order valence-corrected chi connectivity index (χ2v) is 7.15. The molecule has 1 fully saturated rings. The third kappa shape index (κ3) is 4.26. The number of carbonyl (C=O) groups is 1. The van der Waals surface area contributed by atoms with Gasteiger partial charge in [-0.25, -0.2) is 0 Å². The molecule has 0 spiro atoms. The van der Waals surface area contributed by atoms with Gasteiger partial charge in [-0.2, -0.15) is 0 Å². The normalized spacial score (nSPS) is 22.8. The van der Waals surface area contributed by atoms with Crippen LogP contribution in [0.1, 0.15) is 38.7 Å². The Hall–Kier alpha value is -1.00. The molecule has 122 valence electrons. The lowest BCUT2D eigenvalue weighted by molar-refractivity contribution is -0.122. The van der Waals surface area contributed by atoms with Crippen molar-refractivity contribution in [3.8, 4) is 5.75 Å². The average molecular weight is 321 g/mol. The van der Waals surface area contributed by atoms with Gasteiger partial charge in [-0.3, -0.25) is 4.79 Å². The monoisotopic (exact) mass is 321 g/mol. The summed E-state index contributed by atoms with van der Waals surface area (Å²) in [6, 6.07) is 8.09. The van der Waals surface area contributed by atoms with Gasteiger partial charge < -0.3 is 9.64 Å². The van der Waals surface area contributed by atoms with Crippen LogP contribution in [0.2, 0.25) is 0 Å². The second-order valence-electron chi connectivity index (χ2n) is 5.67. The molecule has 4 heteroatoms. The summed E-state index contributed by atoms with van der Waals surface area (Å²) in [5, 5.41) is 0.101. The van der Waals surface area contributed by atoms with Crippen LogP contribution in [0.15, 0.2) is 24.3 Å². The number of likely N-dealkylation sites (N-methyl/N-ethyl adjacent to an activating group) is 1. The number of benzene rings is 1. The van der Waals surface area contributed by atoms with Crippen LogP contribution in [0.3, 0.4) is 0 Å². The topological polar surface area (TPSA) is 29.5 Å². The van der Waals surface area contributed by atoms with Crippen molar-refractivity contribution in [2.45, 2.75) is 38.4 Å². The van der Waals surface area contributed by atoms with E-state index in [1.54, 1.807) is 11.8 Å². The van der Waals surface area contributed by atoms with Crippen molar-refractivity contribution in [3.63, 3.8) is 0 Å². The molecule has 0 aliphatic carbocycles. The summed E-state index contributed by atoms with van der Waals surface area (Å²) in [5.74, 6) is 2.22. The summed E-state index contributed by atoms with van der Waals surface area (Å²) >= 11 is 1.77. The van der Waals surface area contributed by atoms with Crippen LogP contribution in [0.4, 0.5) is 0 Å². The van der Waals surface area contributed by atoms with Gasteiger partial charge in [0.05, 0.1) is 17.8 Å². The molecule has 2 rings (SSSR count). The number of nitrogens with zero attached hydrogens (tertiary/aromatic N) is 1. The Balaban J connectivity index is 2.19. The van der Waals surface area contributed by atoms with Gasteiger partial charge >= 0.3 is 0 Å². The molecule has 2 atom stereocenters. The lowest BCUT2D eigenvalue weighted by Gasteiger charge is -2.36. The highest BCUT2D eigenvalue weighted by Crippen LogP contribution is 2.31. The Morgan fingerprint density at radius 1 is 1.27 bits per heavy atom. The van der Waals surface area contributed by atoms with Gasteiger partial charge in [0.2, 0.25) is 0 Å². The van der Waals surface area contributed by atoms with Crippen LogP contribution in [0, 0.1) is 0 Å². The van der Waals surface area contributed by atoms with Crippen molar-refractivity contribution in [1.29, 1.82) is 0 Å². The first-order valence-electron chi connectivity index (χ1n) is 8.30. The zero-order valence-corrected chi connectivity index (χ0v) is 14.7. The van der Waals surface area contributed by atoms with Crippen LogP contribution < -0.4 is 4.74 Å². The first kappa shape index (κ1) is 17.4. The average Bonchev–Trinajstić information content (AvgIpc) is 2.55. The minimum Gasteiger partial charge on any atom is -0.494 e. The number of carbonyl (C=O) groups excluding carboxylic acids is 1. The van der Waals surface area contributed by atoms with Crippen LogP contribution in [0.25, 0.3) is 0 Å². The molecule has 3 nitrogen and oxygen atoms in total. The highest BCUT2D eigenvalue weighted by atomic mass is 32.2. The fourth-order valence-electron chi connectivity index (χ4n) is 2.88. The van der Waals surface area contributed by atoms with E-state index < -0.39 is 0 Å². The van der Waals surface area contributed by atoms with Crippen molar-refractivity contribution in [1.82, 2.24) is 4.90 Å². The number of piperidine rings is 1. The zero-order chi connectivity index (χ0) is 15.9. The van der Waals surface area contributed by atoms with E-state index in [1.165, 1.54) is 0 Å². The van der Waals surface area contributed by atoms with Crippen molar-refractivity contribution in [2.24, 2.45) is 0 Å². The van der Waals surface area contributed by atoms with E-state index in [2.05, 4.69) is 31.7 Å². The van der Waals surface area contributed by atoms with Crippen molar-refractivity contribution in [3.05, 3.63) is 29.8 Å². The lowest BCUT2D eigenvalue weighted by atomic mass is 9.89. The van der Waals surface area contributed by atoms with E-state index in [4.69, 9.17) is 4.74 Å². The highest BCUT2D eigenvalue weighted by molar-refractivity contribution is 8.00. The van der Waals surface area contributed by atoms with Crippen LogP contribution in [-0.4, -0.2) is 47.9 Å².